The van der Waals surface area contributed by atoms with Gasteiger partial charge in [-0.2, -0.15) is 0 Å². The van der Waals surface area contributed by atoms with E-state index in [2.05, 4.69) is 0 Å². The van der Waals surface area contributed by atoms with Gasteiger partial charge in [0.1, 0.15) is 12.4 Å². The van der Waals surface area contributed by atoms with Gasteiger partial charge in [-0.1, -0.05) is 11.6 Å². The van der Waals surface area contributed by atoms with E-state index >= 15 is 0 Å². The van der Waals surface area contributed by atoms with E-state index in [0.29, 0.717) is 53.7 Å². The number of anilines is 2. The summed E-state index contributed by atoms with van der Waals surface area (Å²) in [7, 11) is 1.50. The zero-order valence-electron chi connectivity index (χ0n) is 17.0. The molecule has 0 aromatic heterocycles. The molecule has 7 nitrogen and oxygen atoms in total. The molecule has 0 fully saturated rings. The van der Waals surface area contributed by atoms with Crippen LogP contribution in [0.3, 0.4) is 0 Å². The van der Waals surface area contributed by atoms with Gasteiger partial charge in [0.2, 0.25) is 0 Å². The number of hydrogen-bond donors (Lipinski definition) is 1. The Morgan fingerprint density at radius 1 is 1.23 bits per heavy atom. The molecule has 1 atom stereocenters. The highest BCUT2D eigenvalue weighted by atomic mass is 35.5. The number of methoxy groups -OCH3 is 1. The number of benzene rings is 2. The van der Waals surface area contributed by atoms with Crippen LogP contribution in [-0.4, -0.2) is 38.7 Å². The summed E-state index contributed by atoms with van der Waals surface area (Å²) >= 11 is 6.23. The topological polar surface area (TPSA) is 91.1 Å². The molecule has 1 aliphatic heterocycles. The Balaban J connectivity index is 1.94. The Bertz CT molecular complexity index is 934. The molecule has 160 valence electrons. The Morgan fingerprint density at radius 2 is 2.03 bits per heavy atom. The number of ether oxygens (including phenoxy) is 3. The fourth-order valence-corrected chi connectivity index (χ4v) is 3.71. The van der Waals surface area contributed by atoms with Gasteiger partial charge in [-0.05, 0) is 50.1 Å². The van der Waals surface area contributed by atoms with Crippen molar-refractivity contribution in [2.45, 2.75) is 25.9 Å². The van der Waals surface area contributed by atoms with Gasteiger partial charge in [-0.3, -0.25) is 4.79 Å². The van der Waals surface area contributed by atoms with Crippen molar-refractivity contribution < 1.29 is 23.8 Å². The zero-order valence-corrected chi connectivity index (χ0v) is 17.8. The van der Waals surface area contributed by atoms with Crippen LogP contribution in [-0.2, 0) is 14.3 Å². The van der Waals surface area contributed by atoms with Crippen LogP contribution in [0.1, 0.15) is 41.8 Å². The lowest BCUT2D eigenvalue weighted by Gasteiger charge is -2.25. The minimum Gasteiger partial charge on any atom is -0.496 e. The monoisotopic (exact) mass is 432 g/mol. The summed E-state index contributed by atoms with van der Waals surface area (Å²) in [4.78, 5) is 26.8. The van der Waals surface area contributed by atoms with E-state index in [9.17, 15) is 9.59 Å². The van der Waals surface area contributed by atoms with Crippen LogP contribution in [0.4, 0.5) is 11.4 Å². The number of rotatable bonds is 6. The van der Waals surface area contributed by atoms with Crippen LogP contribution >= 0.6 is 11.6 Å². The number of hydrogen-bond acceptors (Lipinski definition) is 6. The Kier molecular flexibility index (Phi) is 7.18. The second-order valence-electron chi connectivity index (χ2n) is 6.87. The number of nitrogen functional groups attached to an aromatic ring is 1. The number of fused-ring (bicyclic) bond motifs is 1. The summed E-state index contributed by atoms with van der Waals surface area (Å²) in [6, 6.07) is 10.3. The minimum atomic E-state index is -0.426. The number of nitrogens with zero attached hydrogens (tertiary/aromatic N) is 1. The Hall–Kier alpha value is -2.77. The van der Waals surface area contributed by atoms with Gasteiger partial charge < -0.3 is 24.8 Å². The van der Waals surface area contributed by atoms with Gasteiger partial charge in [0.15, 0.2) is 0 Å². The summed E-state index contributed by atoms with van der Waals surface area (Å²) in [5.74, 6) is -0.221. The average molecular weight is 433 g/mol. The lowest BCUT2D eigenvalue weighted by molar-refractivity contribution is -0.150. The predicted octanol–water partition coefficient (Wildman–Crippen LogP) is 3.99. The fourth-order valence-electron chi connectivity index (χ4n) is 3.53. The van der Waals surface area contributed by atoms with Gasteiger partial charge in [0.25, 0.3) is 5.91 Å². The maximum atomic E-state index is 13.4. The molecular weight excluding hydrogens is 408 g/mol. The number of nitrogens with two attached hydrogens (primary N) is 1. The van der Waals surface area contributed by atoms with Crippen LogP contribution in [0.25, 0.3) is 0 Å². The molecule has 0 aliphatic carbocycles. The summed E-state index contributed by atoms with van der Waals surface area (Å²) < 4.78 is 16.2. The lowest BCUT2D eigenvalue weighted by Crippen LogP contribution is -2.32. The molecule has 0 saturated carbocycles. The molecule has 2 aromatic rings. The van der Waals surface area contributed by atoms with Crippen molar-refractivity contribution in [3.63, 3.8) is 0 Å². The van der Waals surface area contributed by atoms with Crippen LogP contribution in [0.5, 0.6) is 5.75 Å². The maximum absolute atomic E-state index is 13.4. The summed E-state index contributed by atoms with van der Waals surface area (Å²) in [6.07, 6.45) is 0.937. The van der Waals surface area contributed by atoms with Crippen molar-refractivity contribution in [3.8, 4) is 5.75 Å². The van der Waals surface area contributed by atoms with Gasteiger partial charge in [-0.25, -0.2) is 4.79 Å². The van der Waals surface area contributed by atoms with E-state index in [4.69, 9.17) is 31.5 Å². The third-order valence-electron chi connectivity index (χ3n) is 4.88. The van der Waals surface area contributed by atoms with Gasteiger partial charge in [0.05, 0.1) is 25.4 Å². The first-order chi connectivity index (χ1) is 14.4. The van der Waals surface area contributed by atoms with Crippen molar-refractivity contribution in [3.05, 3.63) is 52.5 Å². The number of amides is 1. The zero-order chi connectivity index (χ0) is 21.7. The normalized spacial score (nSPS) is 15.8. The molecule has 1 unspecified atom stereocenters. The smallest absolute Gasteiger partial charge is 0.332 e. The SMILES string of the molecule is CCOC(=O)COC1CCCN(C(=O)c2ccc(N)cc2OC)c2ccc(Cl)cc21. The van der Waals surface area contributed by atoms with Gasteiger partial charge in [0, 0.05) is 34.6 Å². The average Bonchev–Trinajstić information content (AvgIpc) is 2.91. The maximum Gasteiger partial charge on any atom is 0.332 e. The molecule has 1 amide bonds. The number of halogens is 1. The van der Waals surface area contributed by atoms with E-state index in [-0.39, 0.29) is 18.6 Å². The van der Waals surface area contributed by atoms with Crippen molar-refractivity contribution >= 4 is 34.9 Å². The first-order valence-corrected chi connectivity index (χ1v) is 10.1. The minimum absolute atomic E-state index is 0.163. The third-order valence-corrected chi connectivity index (χ3v) is 5.12. The first-order valence-electron chi connectivity index (χ1n) is 9.76. The van der Waals surface area contributed by atoms with E-state index in [1.807, 2.05) is 0 Å². The van der Waals surface area contributed by atoms with Gasteiger partial charge >= 0.3 is 5.97 Å². The molecule has 1 aliphatic rings. The molecule has 0 bridgehead atoms. The van der Waals surface area contributed by atoms with Crippen LogP contribution in [0, 0.1) is 0 Å². The molecular formula is C22H25ClN2O5. The van der Waals surface area contributed by atoms with E-state index < -0.39 is 5.97 Å². The lowest BCUT2D eigenvalue weighted by atomic mass is 10.0. The van der Waals surface area contributed by atoms with Crippen LogP contribution < -0.4 is 15.4 Å². The van der Waals surface area contributed by atoms with Crippen LogP contribution in [0.2, 0.25) is 5.02 Å². The summed E-state index contributed by atoms with van der Waals surface area (Å²) in [5.41, 5.74) is 8.20. The van der Waals surface area contributed by atoms with Crippen molar-refractivity contribution in [1.29, 1.82) is 0 Å². The van der Waals surface area contributed by atoms with Crippen molar-refractivity contribution in [2.24, 2.45) is 0 Å². The Morgan fingerprint density at radius 3 is 2.77 bits per heavy atom. The molecule has 2 N–H and O–H groups in total. The van der Waals surface area contributed by atoms with E-state index in [1.165, 1.54) is 7.11 Å². The standard InChI is InChI=1S/C22H25ClN2O5/c1-3-29-21(26)13-30-19-5-4-10-25(18-9-6-14(23)11-17(18)19)22(27)16-8-7-15(24)12-20(16)28-2/h6-9,11-12,19H,3-5,10,13,24H2,1-2H3. The quantitative estimate of drug-likeness (QED) is 0.548. The largest absolute Gasteiger partial charge is 0.496 e. The molecule has 0 radical (unpaired) electrons. The van der Waals surface area contributed by atoms with Gasteiger partial charge in [-0.15, -0.1) is 0 Å². The Labute approximate surface area is 180 Å². The second-order valence-corrected chi connectivity index (χ2v) is 7.30. The van der Waals surface area contributed by atoms with Crippen molar-refractivity contribution in [1.82, 2.24) is 0 Å². The molecule has 1 heterocycles. The molecule has 30 heavy (non-hydrogen) atoms. The first kappa shape index (κ1) is 21.9. The highest BCUT2D eigenvalue weighted by molar-refractivity contribution is 6.30. The van der Waals surface area contributed by atoms with E-state index in [0.717, 1.165) is 5.56 Å². The number of esters is 1. The second kappa shape index (κ2) is 9.82. The molecule has 2 aromatic carbocycles. The molecule has 8 heteroatoms. The van der Waals surface area contributed by atoms with Crippen molar-refractivity contribution in [2.75, 3.05) is 37.5 Å². The number of carbonyl (C=O) groups excluding carboxylic acids is 2. The molecule has 0 saturated heterocycles. The number of carbonyl (C=O) groups is 2. The molecule has 0 spiro atoms. The third kappa shape index (κ3) is 4.86. The fraction of sp³-hybridized carbons (Fsp3) is 0.364. The highest BCUT2D eigenvalue weighted by Gasteiger charge is 2.29. The molecule has 3 rings (SSSR count). The summed E-state index contributed by atoms with van der Waals surface area (Å²) in [6.45, 7) is 2.36. The summed E-state index contributed by atoms with van der Waals surface area (Å²) in [5, 5.41) is 0.526. The van der Waals surface area contributed by atoms with E-state index in [1.54, 1.807) is 48.2 Å². The predicted molar refractivity (Wildman–Crippen MR) is 115 cm³/mol. The van der Waals surface area contributed by atoms with Crippen LogP contribution in [0.15, 0.2) is 36.4 Å². The highest BCUT2D eigenvalue weighted by Crippen LogP contribution is 2.38.